The summed E-state index contributed by atoms with van der Waals surface area (Å²) in [6, 6.07) is 12.8. The third-order valence-electron chi connectivity index (χ3n) is 5.51. The summed E-state index contributed by atoms with van der Waals surface area (Å²) in [4.78, 5) is 42.2. The number of thioether (sulfide) groups is 1. The van der Waals surface area contributed by atoms with Crippen LogP contribution in [-0.2, 0) is 4.79 Å². The quantitative estimate of drug-likeness (QED) is 0.397. The van der Waals surface area contributed by atoms with Gasteiger partial charge in [-0.1, -0.05) is 23.9 Å². The number of nitrogens with zero attached hydrogens (tertiary/aromatic N) is 2. The Hall–Kier alpha value is -2.93. The van der Waals surface area contributed by atoms with Gasteiger partial charge in [-0.05, 0) is 55.7 Å². The lowest BCUT2D eigenvalue weighted by molar-refractivity contribution is -0.116. The van der Waals surface area contributed by atoms with Crippen LogP contribution in [0.1, 0.15) is 47.6 Å². The zero-order valence-corrected chi connectivity index (χ0v) is 16.7. The van der Waals surface area contributed by atoms with Crippen LogP contribution in [0.4, 0.5) is 5.69 Å². The zero-order valence-electron chi connectivity index (χ0n) is 15.8. The molecule has 1 aliphatic carbocycles. The molecule has 1 saturated carbocycles. The van der Waals surface area contributed by atoms with E-state index in [9.17, 15) is 14.4 Å². The van der Waals surface area contributed by atoms with Gasteiger partial charge in [-0.25, -0.2) is 4.98 Å². The molecule has 2 heterocycles. The third kappa shape index (κ3) is 3.15. The second-order valence-electron chi connectivity index (χ2n) is 7.54. The van der Waals surface area contributed by atoms with Crippen molar-refractivity contribution in [3.63, 3.8) is 0 Å². The van der Waals surface area contributed by atoms with E-state index in [1.165, 1.54) is 11.8 Å². The molecule has 1 amide bonds. The van der Waals surface area contributed by atoms with Gasteiger partial charge < -0.3 is 5.32 Å². The Morgan fingerprint density at radius 2 is 2.00 bits per heavy atom. The van der Waals surface area contributed by atoms with E-state index in [4.69, 9.17) is 0 Å². The Balaban J connectivity index is 1.43. The van der Waals surface area contributed by atoms with E-state index in [1.807, 2.05) is 25.1 Å². The van der Waals surface area contributed by atoms with Crippen LogP contribution in [0.25, 0.3) is 10.9 Å². The number of hydrogen-bond acceptors (Lipinski definition) is 5. The number of anilines is 1. The van der Waals surface area contributed by atoms with Gasteiger partial charge in [0.2, 0.25) is 5.91 Å². The minimum absolute atomic E-state index is 0.0380. The molecule has 1 aromatic heterocycles. The second-order valence-corrected chi connectivity index (χ2v) is 8.49. The molecule has 5 rings (SSSR count). The third-order valence-corrected chi connectivity index (χ3v) is 6.46. The van der Waals surface area contributed by atoms with E-state index in [0.29, 0.717) is 21.6 Å². The van der Waals surface area contributed by atoms with Gasteiger partial charge in [0.15, 0.2) is 10.9 Å². The van der Waals surface area contributed by atoms with Crippen molar-refractivity contribution >= 4 is 40.0 Å². The maximum Gasteiger partial charge on any atom is 0.262 e. The van der Waals surface area contributed by atoms with E-state index in [2.05, 4.69) is 10.3 Å². The van der Waals surface area contributed by atoms with E-state index in [1.54, 1.807) is 28.8 Å². The van der Waals surface area contributed by atoms with Gasteiger partial charge in [0.25, 0.3) is 5.56 Å². The summed E-state index contributed by atoms with van der Waals surface area (Å²) in [6.45, 7) is 1.83. The van der Waals surface area contributed by atoms with Gasteiger partial charge in [0, 0.05) is 17.3 Å². The first kappa shape index (κ1) is 18.1. The average Bonchev–Trinajstić information content (AvgIpc) is 3.52. The Morgan fingerprint density at radius 1 is 1.21 bits per heavy atom. The number of carbonyl (C=O) groups is 2. The largest absolute Gasteiger partial charge is 0.325 e. The summed E-state index contributed by atoms with van der Waals surface area (Å²) >= 11 is 1.30. The predicted molar refractivity (Wildman–Crippen MR) is 113 cm³/mol. The molecule has 146 valence electrons. The van der Waals surface area contributed by atoms with Gasteiger partial charge in [-0.15, -0.1) is 0 Å². The molecule has 2 aromatic carbocycles. The maximum atomic E-state index is 12.9. The van der Waals surface area contributed by atoms with Crippen LogP contribution in [0, 0.1) is 0 Å². The first-order chi connectivity index (χ1) is 14.0. The predicted octanol–water partition coefficient (Wildman–Crippen LogP) is 3.76. The standard InChI is InChI=1S/C22H19N3O3S/c1-12-16-10-13(6-9-18(16)23-20(12)27)19(26)11-29-22-24-17-5-3-2-4-15(17)21(28)25(22)14-7-8-14/h2-6,9-10,12,14H,7-8,11H2,1H3,(H,23,27)/t12-/m0/s1. The average molecular weight is 405 g/mol. The van der Waals surface area contributed by atoms with Crippen LogP contribution in [-0.4, -0.2) is 27.0 Å². The summed E-state index contributed by atoms with van der Waals surface area (Å²) < 4.78 is 1.74. The molecule has 1 N–H and O–H groups in total. The van der Waals surface area contributed by atoms with Crippen LogP contribution in [0.2, 0.25) is 0 Å². The molecule has 1 aliphatic heterocycles. The number of carbonyl (C=O) groups excluding carboxylic acids is 2. The number of hydrogen-bond donors (Lipinski definition) is 1. The number of amides is 1. The van der Waals surface area contributed by atoms with Crippen molar-refractivity contribution in [2.75, 3.05) is 11.1 Å². The number of fused-ring (bicyclic) bond motifs is 2. The summed E-state index contributed by atoms with van der Waals surface area (Å²) in [7, 11) is 0. The fourth-order valence-electron chi connectivity index (χ4n) is 3.69. The molecule has 0 bridgehead atoms. The van der Waals surface area contributed by atoms with Gasteiger partial charge in [0.1, 0.15) is 0 Å². The number of ketones is 1. The number of aromatic nitrogens is 2. The highest BCUT2D eigenvalue weighted by Crippen LogP contribution is 2.37. The highest BCUT2D eigenvalue weighted by atomic mass is 32.2. The van der Waals surface area contributed by atoms with Gasteiger partial charge in [-0.2, -0.15) is 0 Å². The highest BCUT2D eigenvalue weighted by Gasteiger charge is 2.29. The Labute approximate surface area is 171 Å². The van der Waals surface area contributed by atoms with E-state index in [0.717, 1.165) is 24.1 Å². The van der Waals surface area contributed by atoms with Crippen molar-refractivity contribution in [3.8, 4) is 0 Å². The number of para-hydroxylation sites is 1. The highest BCUT2D eigenvalue weighted by molar-refractivity contribution is 7.99. The smallest absolute Gasteiger partial charge is 0.262 e. The normalized spacial score (nSPS) is 18.0. The van der Waals surface area contributed by atoms with Crippen molar-refractivity contribution in [1.82, 2.24) is 9.55 Å². The van der Waals surface area contributed by atoms with Crippen molar-refractivity contribution in [2.24, 2.45) is 0 Å². The lowest BCUT2D eigenvalue weighted by Gasteiger charge is -2.12. The van der Waals surface area contributed by atoms with Crippen LogP contribution < -0.4 is 10.9 Å². The molecule has 29 heavy (non-hydrogen) atoms. The fourth-order valence-corrected chi connectivity index (χ4v) is 4.65. The van der Waals surface area contributed by atoms with Crippen LogP contribution in [0.3, 0.4) is 0 Å². The van der Waals surface area contributed by atoms with Gasteiger partial charge in [-0.3, -0.25) is 19.0 Å². The minimum Gasteiger partial charge on any atom is -0.325 e. The lowest BCUT2D eigenvalue weighted by Crippen LogP contribution is -2.22. The van der Waals surface area contributed by atoms with Crippen molar-refractivity contribution in [1.29, 1.82) is 0 Å². The number of nitrogens with one attached hydrogen (secondary N) is 1. The molecular weight excluding hydrogens is 386 g/mol. The molecular formula is C22H19N3O3S. The Kier molecular flexibility index (Phi) is 4.28. The van der Waals surface area contributed by atoms with Crippen LogP contribution in [0.5, 0.6) is 0 Å². The number of Topliss-reactive ketones (excluding diaryl/α,β-unsaturated/α-hetero) is 1. The Bertz CT molecular complexity index is 1230. The first-order valence-electron chi connectivity index (χ1n) is 9.65. The second kappa shape index (κ2) is 6.84. The van der Waals surface area contributed by atoms with Crippen molar-refractivity contribution in [3.05, 3.63) is 63.9 Å². The molecule has 0 radical (unpaired) electrons. The lowest BCUT2D eigenvalue weighted by atomic mass is 9.99. The van der Waals surface area contributed by atoms with E-state index in [-0.39, 0.29) is 35.0 Å². The molecule has 3 aromatic rings. The molecule has 7 heteroatoms. The topological polar surface area (TPSA) is 81.1 Å². The van der Waals surface area contributed by atoms with E-state index >= 15 is 0 Å². The van der Waals surface area contributed by atoms with Gasteiger partial charge >= 0.3 is 0 Å². The number of rotatable bonds is 5. The molecule has 6 nitrogen and oxygen atoms in total. The van der Waals surface area contributed by atoms with Crippen LogP contribution >= 0.6 is 11.8 Å². The minimum atomic E-state index is -0.257. The maximum absolute atomic E-state index is 12.9. The number of benzene rings is 2. The summed E-state index contributed by atoms with van der Waals surface area (Å²) in [5.74, 6) is -0.166. The Morgan fingerprint density at radius 3 is 2.79 bits per heavy atom. The fraction of sp³-hybridized carbons (Fsp3) is 0.273. The van der Waals surface area contributed by atoms with Crippen molar-refractivity contribution in [2.45, 2.75) is 36.9 Å². The molecule has 2 aliphatic rings. The summed E-state index contributed by atoms with van der Waals surface area (Å²) in [5, 5.41) is 4.02. The summed E-state index contributed by atoms with van der Waals surface area (Å²) in [5.41, 5.74) is 2.81. The summed E-state index contributed by atoms with van der Waals surface area (Å²) in [6.07, 6.45) is 1.93. The zero-order chi connectivity index (χ0) is 20.1. The SMILES string of the molecule is C[C@@H]1C(=O)Nc2ccc(C(=O)CSc3nc4ccccc4c(=O)n3C3CC3)cc21. The first-order valence-corrected chi connectivity index (χ1v) is 10.6. The molecule has 1 fully saturated rings. The van der Waals surface area contributed by atoms with Gasteiger partial charge in [0.05, 0.1) is 22.6 Å². The molecule has 0 unspecified atom stereocenters. The van der Waals surface area contributed by atoms with Crippen LogP contribution in [0.15, 0.2) is 52.4 Å². The van der Waals surface area contributed by atoms with Crippen molar-refractivity contribution < 1.29 is 9.59 Å². The molecule has 0 saturated heterocycles. The monoisotopic (exact) mass is 405 g/mol. The molecule has 1 atom stereocenters. The molecule has 0 spiro atoms. The van der Waals surface area contributed by atoms with E-state index < -0.39 is 0 Å².